The molecule has 0 bridgehead atoms. The van der Waals surface area contributed by atoms with Crippen molar-refractivity contribution in [1.29, 1.82) is 0 Å². The number of amides is 1. The lowest BCUT2D eigenvalue weighted by Crippen LogP contribution is -2.27. The van der Waals surface area contributed by atoms with Crippen molar-refractivity contribution in [3.05, 3.63) is 96.2 Å². The molecule has 35 heavy (non-hydrogen) atoms. The Labute approximate surface area is 203 Å². The lowest BCUT2D eigenvalue weighted by Gasteiger charge is -2.16. The molecule has 3 aromatic heterocycles. The molecule has 5 aromatic rings. The van der Waals surface area contributed by atoms with E-state index < -0.39 is 0 Å². The molecule has 0 radical (unpaired) electrons. The highest BCUT2D eigenvalue weighted by Gasteiger charge is 2.18. The van der Waals surface area contributed by atoms with Crippen molar-refractivity contribution in [1.82, 2.24) is 34.8 Å². The van der Waals surface area contributed by atoms with Gasteiger partial charge >= 0.3 is 0 Å². The summed E-state index contributed by atoms with van der Waals surface area (Å²) in [5, 5.41) is 3.05. The Balaban J connectivity index is 1.63. The van der Waals surface area contributed by atoms with E-state index in [0.29, 0.717) is 28.8 Å². The molecule has 3 heterocycles. The summed E-state index contributed by atoms with van der Waals surface area (Å²) < 4.78 is 2.00. The number of hydrogen-bond donors (Lipinski definition) is 1. The minimum atomic E-state index is -0.296. The van der Waals surface area contributed by atoms with Gasteiger partial charge in [0.25, 0.3) is 5.91 Å². The number of nitrogens with zero attached hydrogens (tertiary/aromatic N) is 6. The third-order valence-corrected chi connectivity index (χ3v) is 5.91. The number of carbonyl (C=O) groups is 1. The van der Waals surface area contributed by atoms with Gasteiger partial charge in [-0.15, -0.1) is 0 Å². The van der Waals surface area contributed by atoms with Crippen LogP contribution in [0.1, 0.15) is 47.3 Å². The van der Waals surface area contributed by atoms with E-state index in [1.807, 2.05) is 30.5 Å². The Morgan fingerprint density at radius 3 is 2.57 bits per heavy atom. The third kappa shape index (κ3) is 4.50. The van der Waals surface area contributed by atoms with E-state index in [1.165, 1.54) is 11.9 Å². The molecular weight excluding hydrogens is 438 g/mol. The number of benzene rings is 2. The van der Waals surface area contributed by atoms with Gasteiger partial charge in [-0.1, -0.05) is 36.8 Å². The van der Waals surface area contributed by atoms with Crippen molar-refractivity contribution in [3.8, 4) is 16.8 Å². The van der Waals surface area contributed by atoms with Crippen LogP contribution in [0.5, 0.6) is 0 Å². The highest BCUT2D eigenvalue weighted by molar-refractivity contribution is 5.96. The van der Waals surface area contributed by atoms with Crippen LogP contribution in [-0.2, 0) is 6.42 Å². The van der Waals surface area contributed by atoms with E-state index >= 15 is 0 Å². The zero-order valence-corrected chi connectivity index (χ0v) is 19.8. The topological polar surface area (TPSA) is 98.5 Å². The van der Waals surface area contributed by atoms with Gasteiger partial charge in [0.2, 0.25) is 0 Å². The molecule has 8 nitrogen and oxygen atoms in total. The van der Waals surface area contributed by atoms with Crippen LogP contribution < -0.4 is 5.32 Å². The summed E-state index contributed by atoms with van der Waals surface area (Å²) >= 11 is 0. The Bertz CT molecular complexity index is 1490. The maximum Gasteiger partial charge on any atom is 0.251 e. The van der Waals surface area contributed by atoms with Crippen molar-refractivity contribution in [3.63, 3.8) is 0 Å². The monoisotopic (exact) mass is 463 g/mol. The quantitative estimate of drug-likeness (QED) is 0.394. The zero-order chi connectivity index (χ0) is 24.4. The maximum absolute atomic E-state index is 13.4. The number of aryl methyl sites for hydroxylation is 2. The summed E-state index contributed by atoms with van der Waals surface area (Å²) in [5.74, 6) is 0.649. The van der Waals surface area contributed by atoms with Crippen LogP contribution in [0, 0.1) is 6.92 Å². The van der Waals surface area contributed by atoms with Crippen molar-refractivity contribution in [2.24, 2.45) is 0 Å². The first-order chi connectivity index (χ1) is 17.0. The van der Waals surface area contributed by atoms with Gasteiger partial charge in [0.05, 0.1) is 29.8 Å². The average molecular weight is 464 g/mol. The smallest absolute Gasteiger partial charge is 0.251 e. The molecule has 0 aliphatic carbocycles. The Morgan fingerprint density at radius 1 is 1.00 bits per heavy atom. The molecular formula is C27H25N7O. The predicted octanol–water partition coefficient (Wildman–Crippen LogP) is 4.63. The van der Waals surface area contributed by atoms with Crippen LogP contribution in [0.3, 0.4) is 0 Å². The summed E-state index contributed by atoms with van der Waals surface area (Å²) in [5.41, 5.74) is 6.59. The second kappa shape index (κ2) is 9.42. The fourth-order valence-electron chi connectivity index (χ4n) is 4.06. The van der Waals surface area contributed by atoms with Gasteiger partial charge in [0, 0.05) is 24.4 Å². The number of hydrogen-bond acceptors (Lipinski definition) is 6. The molecule has 8 heteroatoms. The fourth-order valence-corrected chi connectivity index (χ4v) is 4.06. The maximum atomic E-state index is 13.4. The summed E-state index contributed by atoms with van der Waals surface area (Å²) in [6.07, 6.45) is 8.81. The first-order valence-electron chi connectivity index (χ1n) is 11.5. The molecule has 2 aromatic carbocycles. The van der Waals surface area contributed by atoms with Crippen LogP contribution in [0.25, 0.3) is 28.0 Å². The van der Waals surface area contributed by atoms with Gasteiger partial charge in [0.15, 0.2) is 5.65 Å². The second-order valence-electron chi connectivity index (χ2n) is 8.41. The highest BCUT2D eigenvalue weighted by atomic mass is 16.1. The lowest BCUT2D eigenvalue weighted by molar-refractivity contribution is 0.0939. The zero-order valence-electron chi connectivity index (χ0n) is 19.8. The SMILES string of the molecule is CCc1nc2cncnc2n1-c1cc(C(=O)NC(C)c2cnccn2)cc(-c2ccc(C)cc2)c1. The second-order valence-corrected chi connectivity index (χ2v) is 8.41. The van der Waals surface area contributed by atoms with E-state index in [4.69, 9.17) is 4.98 Å². The molecule has 0 saturated carbocycles. The number of carbonyl (C=O) groups excluding carboxylic acids is 1. The molecule has 0 saturated heterocycles. The molecule has 1 atom stereocenters. The van der Waals surface area contributed by atoms with Crippen LogP contribution in [0.4, 0.5) is 0 Å². The third-order valence-electron chi connectivity index (χ3n) is 5.91. The van der Waals surface area contributed by atoms with Crippen LogP contribution in [0.2, 0.25) is 0 Å². The molecule has 174 valence electrons. The Morgan fingerprint density at radius 2 is 1.83 bits per heavy atom. The number of nitrogens with one attached hydrogen (secondary N) is 1. The normalized spacial score (nSPS) is 12.0. The van der Waals surface area contributed by atoms with Gasteiger partial charge in [-0.2, -0.15) is 0 Å². The number of aromatic nitrogens is 6. The summed E-state index contributed by atoms with van der Waals surface area (Å²) in [4.78, 5) is 35.1. The van der Waals surface area contributed by atoms with Crippen LogP contribution in [-0.4, -0.2) is 35.4 Å². The van der Waals surface area contributed by atoms with E-state index in [2.05, 4.69) is 62.5 Å². The van der Waals surface area contributed by atoms with Gasteiger partial charge in [0.1, 0.15) is 17.7 Å². The van der Waals surface area contributed by atoms with Crippen molar-refractivity contribution in [2.75, 3.05) is 0 Å². The number of imidazole rings is 1. The molecule has 1 N–H and O–H groups in total. The molecule has 5 rings (SSSR count). The molecule has 1 amide bonds. The van der Waals surface area contributed by atoms with E-state index in [1.54, 1.807) is 24.8 Å². The minimum Gasteiger partial charge on any atom is -0.344 e. The van der Waals surface area contributed by atoms with Crippen LogP contribution in [0.15, 0.2) is 73.6 Å². The van der Waals surface area contributed by atoms with Gasteiger partial charge in [-0.25, -0.2) is 15.0 Å². The first-order valence-corrected chi connectivity index (χ1v) is 11.5. The standard InChI is InChI=1S/C27H25N7O/c1-4-25-33-24-15-29-16-31-26(24)34(25)22-12-20(19-7-5-17(2)6-8-19)11-21(13-22)27(35)32-18(3)23-14-28-9-10-30-23/h5-16,18H,4H2,1-3H3,(H,32,35). The number of fused-ring (bicyclic) bond motifs is 1. The average Bonchev–Trinajstić information content (AvgIpc) is 3.28. The van der Waals surface area contributed by atoms with Gasteiger partial charge < -0.3 is 5.32 Å². The summed E-state index contributed by atoms with van der Waals surface area (Å²) in [6.45, 7) is 5.99. The molecule has 0 aliphatic rings. The summed E-state index contributed by atoms with van der Waals surface area (Å²) in [7, 11) is 0. The largest absolute Gasteiger partial charge is 0.344 e. The molecule has 1 unspecified atom stereocenters. The summed E-state index contributed by atoms with van der Waals surface area (Å²) in [6, 6.07) is 13.8. The lowest BCUT2D eigenvalue weighted by atomic mass is 10.00. The van der Waals surface area contributed by atoms with E-state index in [9.17, 15) is 4.79 Å². The Hall–Kier alpha value is -4.46. The van der Waals surface area contributed by atoms with E-state index in [0.717, 1.165) is 22.6 Å². The minimum absolute atomic E-state index is 0.199. The fraction of sp³-hybridized carbons (Fsp3) is 0.185. The molecule has 0 spiro atoms. The van der Waals surface area contributed by atoms with Crippen molar-refractivity contribution in [2.45, 2.75) is 33.2 Å². The Kier molecular flexibility index (Phi) is 6.01. The van der Waals surface area contributed by atoms with Crippen molar-refractivity contribution >= 4 is 17.1 Å². The number of rotatable bonds is 6. The highest BCUT2D eigenvalue weighted by Crippen LogP contribution is 2.28. The molecule has 0 fully saturated rings. The van der Waals surface area contributed by atoms with Crippen LogP contribution >= 0.6 is 0 Å². The van der Waals surface area contributed by atoms with E-state index in [-0.39, 0.29) is 11.9 Å². The van der Waals surface area contributed by atoms with Crippen molar-refractivity contribution < 1.29 is 4.79 Å². The van der Waals surface area contributed by atoms with Gasteiger partial charge in [-0.05, 0) is 43.2 Å². The van der Waals surface area contributed by atoms with Gasteiger partial charge in [-0.3, -0.25) is 19.3 Å². The molecule has 0 aliphatic heterocycles. The first kappa shape index (κ1) is 22.3. The predicted molar refractivity (Wildman–Crippen MR) is 134 cm³/mol.